The van der Waals surface area contributed by atoms with Crippen molar-refractivity contribution in [1.82, 2.24) is 4.90 Å². The van der Waals surface area contributed by atoms with Crippen LogP contribution in [0.1, 0.15) is 32.1 Å². The van der Waals surface area contributed by atoms with Gasteiger partial charge in [0.05, 0.1) is 25.4 Å². The quantitative estimate of drug-likeness (QED) is 0.408. The van der Waals surface area contributed by atoms with E-state index in [0.717, 1.165) is 45.3 Å². The normalized spacial score (nSPS) is 38.0. The zero-order valence-electron chi connectivity index (χ0n) is 12.5. The first-order valence-corrected chi connectivity index (χ1v) is 8.09. The number of fused-ring (bicyclic) bond motifs is 2. The highest BCUT2D eigenvalue weighted by Gasteiger charge is 2.65. The molecule has 4 rings (SSSR count). The summed E-state index contributed by atoms with van der Waals surface area (Å²) in [4.78, 5) is 7.14. The predicted octanol–water partition coefficient (Wildman–Crippen LogP) is 1.60. The summed E-state index contributed by atoms with van der Waals surface area (Å²) in [5, 5.41) is 0. The van der Waals surface area contributed by atoms with Crippen LogP contribution in [0.5, 0.6) is 0 Å². The van der Waals surface area contributed by atoms with Crippen LogP contribution >= 0.6 is 24.0 Å². The summed E-state index contributed by atoms with van der Waals surface area (Å²) in [6, 6.07) is 0.403. The molecule has 3 atom stereocenters. The molecule has 120 valence electrons. The zero-order valence-corrected chi connectivity index (χ0v) is 14.8. The van der Waals surface area contributed by atoms with Crippen LogP contribution in [-0.4, -0.2) is 55.9 Å². The molecule has 2 N–H and O–H groups in total. The molecule has 0 aromatic rings. The van der Waals surface area contributed by atoms with E-state index in [-0.39, 0.29) is 24.0 Å². The van der Waals surface area contributed by atoms with Crippen molar-refractivity contribution < 1.29 is 9.47 Å². The number of hydrogen-bond acceptors (Lipinski definition) is 3. The molecule has 5 nitrogen and oxygen atoms in total. The molecule has 0 amide bonds. The average Bonchev–Trinajstić information content (AvgIpc) is 3.13. The Bertz CT molecular complexity index is 406. The van der Waals surface area contributed by atoms with Gasteiger partial charge in [-0.2, -0.15) is 0 Å². The third-order valence-corrected chi connectivity index (χ3v) is 5.84. The van der Waals surface area contributed by atoms with E-state index in [1.54, 1.807) is 0 Å². The van der Waals surface area contributed by atoms with Gasteiger partial charge in [-0.05, 0) is 19.3 Å². The second kappa shape index (κ2) is 6.20. The lowest BCUT2D eigenvalue weighted by Gasteiger charge is -2.55. The minimum absolute atomic E-state index is 0. The number of guanidine groups is 1. The number of hydrogen-bond donors (Lipinski definition) is 1. The van der Waals surface area contributed by atoms with Crippen LogP contribution in [0.15, 0.2) is 4.99 Å². The summed E-state index contributed by atoms with van der Waals surface area (Å²) in [5.41, 5.74) is 6.59. The van der Waals surface area contributed by atoms with Crippen LogP contribution in [0.25, 0.3) is 0 Å². The maximum atomic E-state index is 6.27. The molecule has 4 aliphatic rings. The van der Waals surface area contributed by atoms with Crippen molar-refractivity contribution in [3.8, 4) is 0 Å². The lowest BCUT2D eigenvalue weighted by molar-refractivity contribution is -0.117. The van der Waals surface area contributed by atoms with Gasteiger partial charge in [0.1, 0.15) is 0 Å². The Hall–Kier alpha value is -0.0800. The van der Waals surface area contributed by atoms with Crippen molar-refractivity contribution in [2.45, 2.75) is 44.2 Å². The highest BCUT2D eigenvalue weighted by atomic mass is 127. The number of ether oxygens (including phenoxy) is 2. The Balaban J connectivity index is 0.00000132. The molecule has 1 spiro atoms. The Labute approximate surface area is 143 Å². The number of halogens is 1. The molecule has 2 heterocycles. The predicted molar refractivity (Wildman–Crippen MR) is 92.0 cm³/mol. The van der Waals surface area contributed by atoms with E-state index < -0.39 is 0 Å². The standard InChI is InChI=1S/C15H25N3O2.HI/c16-14(18-6-9-19-10-7-18)17-12-11-3-8-20-13(11)15(12)4-1-2-5-15;/h11-13H,1-10H2,(H2,16,17);1H. The van der Waals surface area contributed by atoms with Crippen LogP contribution in [0.4, 0.5) is 0 Å². The van der Waals surface area contributed by atoms with Gasteiger partial charge in [0.15, 0.2) is 5.96 Å². The molecular weight excluding hydrogens is 381 g/mol. The topological polar surface area (TPSA) is 60.1 Å². The Morgan fingerprint density at radius 3 is 2.57 bits per heavy atom. The molecule has 21 heavy (non-hydrogen) atoms. The maximum Gasteiger partial charge on any atom is 0.191 e. The Morgan fingerprint density at radius 2 is 1.86 bits per heavy atom. The van der Waals surface area contributed by atoms with E-state index in [2.05, 4.69) is 4.90 Å². The number of nitrogens with two attached hydrogens (primary N) is 1. The number of morpholine rings is 1. The third kappa shape index (κ3) is 2.47. The second-order valence-electron chi connectivity index (χ2n) is 6.72. The highest BCUT2D eigenvalue weighted by Crippen LogP contribution is 2.62. The van der Waals surface area contributed by atoms with E-state index in [0.29, 0.717) is 23.5 Å². The van der Waals surface area contributed by atoms with Crippen molar-refractivity contribution in [2.75, 3.05) is 32.9 Å². The summed E-state index contributed by atoms with van der Waals surface area (Å²) in [6.45, 7) is 4.20. The minimum Gasteiger partial charge on any atom is -0.378 e. The van der Waals surface area contributed by atoms with E-state index >= 15 is 0 Å². The van der Waals surface area contributed by atoms with E-state index in [1.165, 1.54) is 25.7 Å². The van der Waals surface area contributed by atoms with Crippen LogP contribution in [-0.2, 0) is 9.47 Å². The van der Waals surface area contributed by atoms with E-state index in [1.807, 2.05) is 0 Å². The molecular formula is C15H26IN3O2. The summed E-state index contributed by atoms with van der Waals surface area (Å²) >= 11 is 0. The van der Waals surface area contributed by atoms with Crippen molar-refractivity contribution >= 4 is 29.9 Å². The van der Waals surface area contributed by atoms with Gasteiger partial charge in [0, 0.05) is 31.0 Å². The molecule has 2 aliphatic heterocycles. The average molecular weight is 407 g/mol. The summed E-state index contributed by atoms with van der Waals surface area (Å²) in [7, 11) is 0. The summed E-state index contributed by atoms with van der Waals surface area (Å²) in [5.74, 6) is 1.35. The highest BCUT2D eigenvalue weighted by molar-refractivity contribution is 14.0. The van der Waals surface area contributed by atoms with Gasteiger partial charge < -0.3 is 20.1 Å². The molecule has 0 aromatic carbocycles. The van der Waals surface area contributed by atoms with Gasteiger partial charge in [-0.1, -0.05) is 12.8 Å². The molecule has 2 aliphatic carbocycles. The fourth-order valence-electron chi connectivity index (χ4n) is 4.85. The fraction of sp³-hybridized carbons (Fsp3) is 0.933. The SMILES string of the molecule is I.NC(=NC1C2CCOC2C12CCCC2)N1CCOCC1. The van der Waals surface area contributed by atoms with Crippen LogP contribution < -0.4 is 5.73 Å². The zero-order chi connectivity index (χ0) is 13.6. The molecule has 3 unspecified atom stereocenters. The van der Waals surface area contributed by atoms with Gasteiger partial charge in [-0.3, -0.25) is 0 Å². The molecule has 0 aromatic heterocycles. The second-order valence-corrected chi connectivity index (χ2v) is 6.72. The molecule has 2 saturated heterocycles. The molecule has 2 saturated carbocycles. The lowest BCUT2D eigenvalue weighted by Crippen LogP contribution is -2.62. The molecule has 6 heteroatoms. The first kappa shape index (κ1) is 15.8. The number of nitrogens with zero attached hydrogens (tertiary/aromatic N) is 2. The minimum atomic E-state index is 0. The van der Waals surface area contributed by atoms with Crippen molar-refractivity contribution in [3.05, 3.63) is 0 Å². The Morgan fingerprint density at radius 1 is 1.14 bits per heavy atom. The van der Waals surface area contributed by atoms with Crippen molar-refractivity contribution in [3.63, 3.8) is 0 Å². The van der Waals surface area contributed by atoms with Crippen molar-refractivity contribution in [1.29, 1.82) is 0 Å². The fourth-order valence-corrected chi connectivity index (χ4v) is 4.85. The summed E-state index contributed by atoms with van der Waals surface area (Å²) in [6.07, 6.45) is 6.84. The third-order valence-electron chi connectivity index (χ3n) is 5.84. The van der Waals surface area contributed by atoms with Crippen LogP contribution in [0.3, 0.4) is 0 Å². The maximum absolute atomic E-state index is 6.27. The molecule has 0 bridgehead atoms. The smallest absolute Gasteiger partial charge is 0.191 e. The first-order valence-electron chi connectivity index (χ1n) is 8.09. The van der Waals surface area contributed by atoms with Gasteiger partial charge in [0.25, 0.3) is 0 Å². The van der Waals surface area contributed by atoms with Gasteiger partial charge >= 0.3 is 0 Å². The Kier molecular flexibility index (Phi) is 4.66. The largest absolute Gasteiger partial charge is 0.378 e. The van der Waals surface area contributed by atoms with E-state index in [4.69, 9.17) is 20.2 Å². The van der Waals surface area contributed by atoms with Crippen LogP contribution in [0, 0.1) is 11.3 Å². The van der Waals surface area contributed by atoms with Crippen molar-refractivity contribution in [2.24, 2.45) is 22.1 Å². The summed E-state index contributed by atoms with van der Waals surface area (Å²) < 4.78 is 11.4. The van der Waals surface area contributed by atoms with Gasteiger partial charge in [-0.15, -0.1) is 24.0 Å². The number of rotatable bonds is 1. The first-order chi connectivity index (χ1) is 9.81. The van der Waals surface area contributed by atoms with Gasteiger partial charge in [-0.25, -0.2) is 4.99 Å². The van der Waals surface area contributed by atoms with E-state index in [9.17, 15) is 0 Å². The van der Waals surface area contributed by atoms with Crippen LogP contribution in [0.2, 0.25) is 0 Å². The molecule has 4 fully saturated rings. The molecule has 0 radical (unpaired) electrons. The van der Waals surface area contributed by atoms with Gasteiger partial charge in [0.2, 0.25) is 0 Å². The monoisotopic (exact) mass is 407 g/mol. The number of aliphatic imine (C=N–C) groups is 1. The lowest BCUT2D eigenvalue weighted by atomic mass is 9.54.